The summed E-state index contributed by atoms with van der Waals surface area (Å²) in [5, 5.41) is 2.75. The normalized spacial score (nSPS) is 13.7. The van der Waals surface area contributed by atoms with E-state index in [2.05, 4.69) is 15.3 Å². The van der Waals surface area contributed by atoms with E-state index in [0.29, 0.717) is 43.2 Å². The van der Waals surface area contributed by atoms with Gasteiger partial charge >= 0.3 is 5.97 Å². The number of rotatable bonds is 6. The molecule has 3 aromatic heterocycles. The molecule has 1 saturated heterocycles. The molecule has 166 valence electrons. The highest BCUT2D eigenvalue weighted by Crippen LogP contribution is 2.21. The summed E-state index contributed by atoms with van der Waals surface area (Å²) >= 11 is 0. The molecule has 0 radical (unpaired) electrons. The van der Waals surface area contributed by atoms with Crippen LogP contribution in [0, 0.1) is 0 Å². The van der Waals surface area contributed by atoms with Crippen LogP contribution in [0.5, 0.6) is 0 Å². The lowest BCUT2D eigenvalue weighted by molar-refractivity contribution is 0.0303. The van der Waals surface area contributed by atoms with Crippen LogP contribution in [-0.2, 0) is 16.0 Å². The minimum absolute atomic E-state index is 0.134. The molecule has 0 spiro atoms. The first-order valence-corrected chi connectivity index (χ1v) is 10.3. The first kappa shape index (κ1) is 21.4. The molecule has 0 aliphatic carbocycles. The molecule has 0 atom stereocenters. The minimum atomic E-state index is -0.564. The SMILES string of the molecule is CCOC(=O)c1cc(C(=O)NCc2ncccn2)n2ccc(C(=O)N3CCOCC3)cc12. The number of hydrogen-bond acceptors (Lipinski definition) is 7. The highest BCUT2D eigenvalue weighted by atomic mass is 16.5. The summed E-state index contributed by atoms with van der Waals surface area (Å²) in [5.41, 5.74) is 1.30. The average Bonchev–Trinajstić information content (AvgIpc) is 3.22. The van der Waals surface area contributed by atoms with Crippen LogP contribution in [-0.4, -0.2) is 70.0 Å². The fourth-order valence-corrected chi connectivity index (χ4v) is 3.50. The zero-order valence-electron chi connectivity index (χ0n) is 17.6. The van der Waals surface area contributed by atoms with Gasteiger partial charge in [-0.3, -0.25) is 9.59 Å². The second-order valence-electron chi connectivity index (χ2n) is 7.09. The summed E-state index contributed by atoms with van der Waals surface area (Å²) in [7, 11) is 0. The van der Waals surface area contributed by atoms with Crippen molar-refractivity contribution < 1.29 is 23.9 Å². The van der Waals surface area contributed by atoms with Crippen LogP contribution in [0.4, 0.5) is 0 Å². The average molecular weight is 437 g/mol. The molecule has 3 aromatic rings. The Balaban J connectivity index is 1.66. The van der Waals surface area contributed by atoms with Crippen molar-refractivity contribution in [1.29, 1.82) is 0 Å². The highest BCUT2D eigenvalue weighted by Gasteiger charge is 2.24. The Bertz CT molecular complexity index is 1140. The smallest absolute Gasteiger partial charge is 0.340 e. The highest BCUT2D eigenvalue weighted by molar-refractivity contribution is 6.04. The largest absolute Gasteiger partial charge is 0.462 e. The number of carbonyl (C=O) groups excluding carboxylic acids is 3. The second-order valence-corrected chi connectivity index (χ2v) is 7.09. The van der Waals surface area contributed by atoms with E-state index in [0.717, 1.165) is 0 Å². The van der Waals surface area contributed by atoms with Crippen molar-refractivity contribution in [2.24, 2.45) is 0 Å². The lowest BCUT2D eigenvalue weighted by atomic mass is 10.1. The fraction of sp³-hybridized carbons (Fsp3) is 0.318. The second kappa shape index (κ2) is 9.56. The van der Waals surface area contributed by atoms with Gasteiger partial charge in [-0.2, -0.15) is 0 Å². The third-order valence-electron chi connectivity index (χ3n) is 5.07. The van der Waals surface area contributed by atoms with Crippen LogP contribution in [0.3, 0.4) is 0 Å². The van der Waals surface area contributed by atoms with Gasteiger partial charge in [0.05, 0.1) is 37.4 Å². The fourth-order valence-electron chi connectivity index (χ4n) is 3.50. The molecule has 1 fully saturated rings. The van der Waals surface area contributed by atoms with E-state index in [4.69, 9.17) is 9.47 Å². The molecular formula is C22H23N5O5. The van der Waals surface area contributed by atoms with Gasteiger partial charge in [0.25, 0.3) is 11.8 Å². The predicted molar refractivity (Wildman–Crippen MR) is 113 cm³/mol. The molecule has 1 N–H and O–H groups in total. The van der Waals surface area contributed by atoms with Gasteiger partial charge in [-0.25, -0.2) is 14.8 Å². The molecule has 4 heterocycles. The molecule has 1 aliphatic rings. The molecule has 32 heavy (non-hydrogen) atoms. The third kappa shape index (κ3) is 4.45. The molecule has 0 unspecified atom stereocenters. The molecule has 0 aromatic carbocycles. The zero-order valence-corrected chi connectivity index (χ0v) is 17.6. The van der Waals surface area contributed by atoms with Crippen LogP contribution in [0.1, 0.15) is 44.0 Å². The van der Waals surface area contributed by atoms with Crippen LogP contribution in [0.25, 0.3) is 5.52 Å². The Hall–Kier alpha value is -3.79. The predicted octanol–water partition coefficient (Wildman–Crippen LogP) is 1.31. The molecule has 10 nitrogen and oxygen atoms in total. The number of nitrogens with zero attached hydrogens (tertiary/aromatic N) is 4. The van der Waals surface area contributed by atoms with Gasteiger partial charge in [-0.1, -0.05) is 0 Å². The van der Waals surface area contributed by atoms with Gasteiger partial charge in [0, 0.05) is 37.2 Å². The minimum Gasteiger partial charge on any atom is -0.462 e. The zero-order chi connectivity index (χ0) is 22.5. The third-order valence-corrected chi connectivity index (χ3v) is 5.07. The maximum absolute atomic E-state index is 12.9. The summed E-state index contributed by atoms with van der Waals surface area (Å²) in [4.78, 5) is 48.2. The van der Waals surface area contributed by atoms with E-state index in [-0.39, 0.29) is 30.3 Å². The number of nitrogens with one attached hydrogen (secondary N) is 1. The Morgan fingerprint density at radius 3 is 2.62 bits per heavy atom. The van der Waals surface area contributed by atoms with Crippen LogP contribution >= 0.6 is 0 Å². The van der Waals surface area contributed by atoms with E-state index in [1.54, 1.807) is 53.0 Å². The molecule has 1 aliphatic heterocycles. The number of morpholine rings is 1. The Labute approximate surface area is 184 Å². The van der Waals surface area contributed by atoms with Gasteiger partial charge < -0.3 is 24.1 Å². The van der Waals surface area contributed by atoms with E-state index in [1.165, 1.54) is 6.07 Å². The summed E-state index contributed by atoms with van der Waals surface area (Å²) < 4.78 is 12.0. The van der Waals surface area contributed by atoms with Gasteiger partial charge in [0.1, 0.15) is 11.5 Å². The van der Waals surface area contributed by atoms with Gasteiger partial charge in [0.15, 0.2) is 0 Å². The van der Waals surface area contributed by atoms with Crippen molar-refractivity contribution >= 4 is 23.3 Å². The quantitative estimate of drug-likeness (QED) is 0.578. The maximum Gasteiger partial charge on any atom is 0.340 e. The van der Waals surface area contributed by atoms with Gasteiger partial charge in [-0.15, -0.1) is 0 Å². The summed E-state index contributed by atoms with van der Waals surface area (Å²) in [6.45, 7) is 4.02. The lowest BCUT2D eigenvalue weighted by Crippen LogP contribution is -2.40. The number of hydrogen-bond donors (Lipinski definition) is 1. The number of esters is 1. The first-order chi connectivity index (χ1) is 15.6. The molecule has 0 saturated carbocycles. The first-order valence-electron chi connectivity index (χ1n) is 10.3. The summed E-state index contributed by atoms with van der Waals surface area (Å²) in [6, 6.07) is 6.41. The van der Waals surface area contributed by atoms with Crippen LogP contribution in [0.15, 0.2) is 42.9 Å². The molecule has 4 rings (SSSR count). The van der Waals surface area contributed by atoms with E-state index < -0.39 is 11.9 Å². The van der Waals surface area contributed by atoms with Crippen molar-refractivity contribution in [3.63, 3.8) is 0 Å². The number of carbonyl (C=O) groups is 3. The van der Waals surface area contributed by atoms with Crippen molar-refractivity contribution in [3.8, 4) is 0 Å². The van der Waals surface area contributed by atoms with Crippen molar-refractivity contribution in [2.45, 2.75) is 13.5 Å². The van der Waals surface area contributed by atoms with Crippen LogP contribution < -0.4 is 5.32 Å². The van der Waals surface area contributed by atoms with Gasteiger partial charge in [-0.05, 0) is 31.2 Å². The molecular weight excluding hydrogens is 414 g/mol. The van der Waals surface area contributed by atoms with Crippen molar-refractivity contribution in [2.75, 3.05) is 32.9 Å². The number of aromatic nitrogens is 3. The number of fused-ring (bicyclic) bond motifs is 1. The molecule has 0 bridgehead atoms. The number of ether oxygens (including phenoxy) is 2. The van der Waals surface area contributed by atoms with Gasteiger partial charge in [0.2, 0.25) is 0 Å². The lowest BCUT2D eigenvalue weighted by Gasteiger charge is -2.26. The van der Waals surface area contributed by atoms with E-state index in [1.807, 2.05) is 0 Å². The summed E-state index contributed by atoms with van der Waals surface area (Å²) in [6.07, 6.45) is 4.79. The van der Waals surface area contributed by atoms with E-state index >= 15 is 0 Å². The van der Waals surface area contributed by atoms with Crippen LogP contribution in [0.2, 0.25) is 0 Å². The summed E-state index contributed by atoms with van der Waals surface area (Å²) in [5.74, 6) is -0.661. The number of pyridine rings is 1. The van der Waals surface area contributed by atoms with Crippen molar-refractivity contribution in [1.82, 2.24) is 24.6 Å². The standard InChI is InChI=1S/C22H23N5O5/c1-2-32-22(30)16-13-18(20(28)25-14-19-23-5-3-6-24-19)27-7-4-15(12-17(16)27)21(29)26-8-10-31-11-9-26/h3-7,12-13H,2,8-11,14H2,1H3,(H,25,28). The Morgan fingerprint density at radius 2 is 1.91 bits per heavy atom. The molecule has 2 amide bonds. The Kier molecular flexibility index (Phi) is 6.41. The maximum atomic E-state index is 12.9. The molecule has 10 heteroatoms. The van der Waals surface area contributed by atoms with E-state index in [9.17, 15) is 14.4 Å². The number of amides is 2. The van der Waals surface area contributed by atoms with Crippen molar-refractivity contribution in [3.05, 3.63) is 65.5 Å². The monoisotopic (exact) mass is 437 g/mol. The topological polar surface area (TPSA) is 115 Å². The Morgan fingerprint density at radius 1 is 1.16 bits per heavy atom.